The Balaban J connectivity index is 2.24. The average molecular weight is 785 g/mol. The fourth-order valence-corrected chi connectivity index (χ4v) is 7.25. The summed E-state index contributed by atoms with van der Waals surface area (Å²) in [7, 11) is 0. The van der Waals surface area contributed by atoms with Gasteiger partial charge in [0.2, 0.25) is 0 Å². The van der Waals surface area contributed by atoms with Gasteiger partial charge in [-0.3, -0.25) is 4.79 Å². The second-order valence-corrected chi connectivity index (χ2v) is 16.2. The number of hydrogen-bond donors (Lipinski definition) is 4. The summed E-state index contributed by atoms with van der Waals surface area (Å²) in [6, 6.07) is 0. The lowest BCUT2D eigenvalue weighted by atomic mass is 9.99. The standard InChI is InChI=1S/C46H88O9/c1-3-5-7-9-11-13-15-17-19-20-21-22-24-26-28-30-32-34-36-52-38-40(39-53-46-45(51)44(50)43(49)41(37-47)55-46)54-42(48)35-33-31-29-27-25-23-18-16-14-12-10-8-6-4-2/h17,19,40-41,43-47,49-51H,3-16,18,20-39H2,1-2H3/b19-17-. The predicted molar refractivity (Wildman–Crippen MR) is 224 cm³/mol. The number of aliphatic hydroxyl groups is 4. The molecule has 1 heterocycles. The maximum absolute atomic E-state index is 12.8. The first-order valence-corrected chi connectivity index (χ1v) is 23.3. The second-order valence-electron chi connectivity index (χ2n) is 16.2. The monoisotopic (exact) mass is 785 g/mol. The number of allylic oxidation sites excluding steroid dienone is 2. The Morgan fingerprint density at radius 3 is 1.47 bits per heavy atom. The molecule has 0 aliphatic carbocycles. The van der Waals surface area contributed by atoms with Crippen LogP contribution in [0.1, 0.15) is 213 Å². The van der Waals surface area contributed by atoms with Crippen LogP contribution in [0.3, 0.4) is 0 Å². The zero-order chi connectivity index (χ0) is 40.0. The quantitative estimate of drug-likeness (QED) is 0.0272. The first-order valence-electron chi connectivity index (χ1n) is 23.3. The molecular weight excluding hydrogens is 696 g/mol. The number of carbonyl (C=O) groups is 1. The lowest BCUT2D eigenvalue weighted by Gasteiger charge is -2.39. The van der Waals surface area contributed by atoms with Crippen molar-refractivity contribution in [2.45, 2.75) is 250 Å². The maximum atomic E-state index is 12.8. The van der Waals surface area contributed by atoms with Crippen molar-refractivity contribution in [3.63, 3.8) is 0 Å². The molecule has 0 amide bonds. The third-order valence-electron chi connectivity index (χ3n) is 10.9. The van der Waals surface area contributed by atoms with Crippen molar-refractivity contribution in [3.05, 3.63) is 12.2 Å². The molecule has 326 valence electrons. The normalized spacial score (nSPS) is 20.7. The molecule has 1 aliphatic rings. The molecule has 6 atom stereocenters. The van der Waals surface area contributed by atoms with E-state index in [-0.39, 0.29) is 19.2 Å². The Morgan fingerprint density at radius 2 is 1.00 bits per heavy atom. The second kappa shape index (κ2) is 38.4. The third-order valence-corrected chi connectivity index (χ3v) is 10.9. The van der Waals surface area contributed by atoms with Crippen LogP contribution >= 0.6 is 0 Å². The van der Waals surface area contributed by atoms with E-state index < -0.39 is 43.4 Å². The summed E-state index contributed by atoms with van der Waals surface area (Å²) < 4.78 is 22.8. The van der Waals surface area contributed by atoms with Crippen LogP contribution < -0.4 is 0 Å². The van der Waals surface area contributed by atoms with Gasteiger partial charge in [-0.25, -0.2) is 0 Å². The molecule has 4 N–H and O–H groups in total. The number of esters is 1. The molecule has 0 aromatic rings. The summed E-state index contributed by atoms with van der Waals surface area (Å²) in [4.78, 5) is 12.8. The van der Waals surface area contributed by atoms with Gasteiger partial charge in [-0.1, -0.05) is 180 Å². The minimum Gasteiger partial charge on any atom is -0.457 e. The molecule has 0 bridgehead atoms. The van der Waals surface area contributed by atoms with E-state index in [0.717, 1.165) is 32.1 Å². The van der Waals surface area contributed by atoms with Crippen molar-refractivity contribution >= 4 is 5.97 Å². The van der Waals surface area contributed by atoms with Crippen LogP contribution in [-0.2, 0) is 23.7 Å². The van der Waals surface area contributed by atoms with E-state index in [2.05, 4.69) is 26.0 Å². The highest BCUT2D eigenvalue weighted by Gasteiger charge is 2.44. The van der Waals surface area contributed by atoms with Crippen molar-refractivity contribution in [1.82, 2.24) is 0 Å². The maximum Gasteiger partial charge on any atom is 0.306 e. The van der Waals surface area contributed by atoms with Crippen molar-refractivity contribution in [2.75, 3.05) is 26.4 Å². The Labute approximate surface area is 337 Å². The van der Waals surface area contributed by atoms with Crippen LogP contribution in [0.2, 0.25) is 0 Å². The molecule has 0 aromatic carbocycles. The molecule has 6 unspecified atom stereocenters. The smallest absolute Gasteiger partial charge is 0.306 e. The van der Waals surface area contributed by atoms with E-state index >= 15 is 0 Å². The van der Waals surface area contributed by atoms with Crippen molar-refractivity contribution in [2.24, 2.45) is 0 Å². The highest BCUT2D eigenvalue weighted by molar-refractivity contribution is 5.69. The number of carbonyl (C=O) groups excluding carboxylic acids is 1. The van der Waals surface area contributed by atoms with Gasteiger partial charge in [-0.05, 0) is 38.5 Å². The molecular formula is C46H88O9. The molecule has 0 saturated carbocycles. The number of hydrogen-bond acceptors (Lipinski definition) is 9. The summed E-state index contributed by atoms with van der Waals surface area (Å²) in [5.41, 5.74) is 0. The van der Waals surface area contributed by atoms with Crippen molar-refractivity contribution < 1.29 is 44.2 Å². The van der Waals surface area contributed by atoms with E-state index in [1.165, 1.54) is 161 Å². The van der Waals surface area contributed by atoms with Crippen LogP contribution in [-0.4, -0.2) is 89.6 Å². The van der Waals surface area contributed by atoms with E-state index in [1.807, 2.05) is 0 Å². The van der Waals surface area contributed by atoms with E-state index in [0.29, 0.717) is 13.0 Å². The van der Waals surface area contributed by atoms with Crippen molar-refractivity contribution in [1.29, 1.82) is 0 Å². The van der Waals surface area contributed by atoms with E-state index in [9.17, 15) is 25.2 Å². The summed E-state index contributed by atoms with van der Waals surface area (Å²) in [6.07, 6.45) is 35.2. The Morgan fingerprint density at radius 1 is 0.564 bits per heavy atom. The first kappa shape index (κ1) is 51.9. The van der Waals surface area contributed by atoms with Crippen LogP contribution in [0.15, 0.2) is 12.2 Å². The van der Waals surface area contributed by atoms with E-state index in [1.54, 1.807) is 0 Å². The van der Waals surface area contributed by atoms with Gasteiger partial charge in [0.25, 0.3) is 0 Å². The van der Waals surface area contributed by atoms with Crippen LogP contribution in [0.4, 0.5) is 0 Å². The largest absolute Gasteiger partial charge is 0.457 e. The number of unbranched alkanes of at least 4 members (excludes halogenated alkanes) is 27. The minimum atomic E-state index is -1.53. The van der Waals surface area contributed by atoms with Gasteiger partial charge in [0.1, 0.15) is 30.5 Å². The molecule has 1 rings (SSSR count). The molecule has 1 saturated heterocycles. The zero-order valence-electron chi connectivity index (χ0n) is 35.7. The van der Waals surface area contributed by atoms with Gasteiger partial charge < -0.3 is 39.4 Å². The van der Waals surface area contributed by atoms with Crippen LogP contribution in [0.25, 0.3) is 0 Å². The molecule has 0 spiro atoms. The summed E-state index contributed by atoms with van der Waals surface area (Å²) >= 11 is 0. The highest BCUT2D eigenvalue weighted by Crippen LogP contribution is 2.23. The lowest BCUT2D eigenvalue weighted by Crippen LogP contribution is -2.59. The molecule has 1 fully saturated rings. The van der Waals surface area contributed by atoms with Gasteiger partial charge in [0.15, 0.2) is 6.29 Å². The highest BCUT2D eigenvalue weighted by atomic mass is 16.7. The topological polar surface area (TPSA) is 135 Å². The van der Waals surface area contributed by atoms with Gasteiger partial charge in [-0.15, -0.1) is 0 Å². The predicted octanol–water partition coefficient (Wildman–Crippen LogP) is 10.4. The van der Waals surface area contributed by atoms with Gasteiger partial charge >= 0.3 is 5.97 Å². The van der Waals surface area contributed by atoms with Gasteiger partial charge in [0.05, 0.1) is 19.8 Å². The Bertz CT molecular complexity index is 853. The summed E-state index contributed by atoms with van der Waals surface area (Å²) in [6.45, 7) is 4.58. The third kappa shape index (κ3) is 29.8. The van der Waals surface area contributed by atoms with Crippen LogP contribution in [0.5, 0.6) is 0 Å². The van der Waals surface area contributed by atoms with Crippen molar-refractivity contribution in [3.8, 4) is 0 Å². The SMILES string of the molecule is CCCCCCCC/C=C\CCCCCCCCCCOCC(COC1OC(CO)C(O)C(O)C1O)OC(=O)CCCCCCCCCCCCCCCC. The summed E-state index contributed by atoms with van der Waals surface area (Å²) in [5.74, 6) is -0.311. The minimum absolute atomic E-state index is 0.109. The zero-order valence-corrected chi connectivity index (χ0v) is 35.7. The lowest BCUT2D eigenvalue weighted by molar-refractivity contribution is -0.305. The van der Waals surface area contributed by atoms with Gasteiger partial charge in [-0.2, -0.15) is 0 Å². The molecule has 9 heteroatoms. The van der Waals surface area contributed by atoms with Gasteiger partial charge in [0, 0.05) is 13.0 Å². The van der Waals surface area contributed by atoms with E-state index in [4.69, 9.17) is 18.9 Å². The number of aliphatic hydroxyl groups excluding tert-OH is 4. The molecule has 9 nitrogen and oxygen atoms in total. The summed E-state index contributed by atoms with van der Waals surface area (Å²) in [5, 5.41) is 40.1. The number of ether oxygens (including phenoxy) is 4. The first-order chi connectivity index (χ1) is 26.9. The molecule has 1 aliphatic heterocycles. The molecule has 0 aromatic heterocycles. The molecule has 0 radical (unpaired) electrons. The fourth-order valence-electron chi connectivity index (χ4n) is 7.25. The fraction of sp³-hybridized carbons (Fsp3) is 0.935. The number of rotatable bonds is 40. The average Bonchev–Trinajstić information content (AvgIpc) is 3.18. The molecule has 55 heavy (non-hydrogen) atoms. The van der Waals surface area contributed by atoms with Crippen LogP contribution in [0, 0.1) is 0 Å². The Hall–Kier alpha value is -1.07. The Kier molecular flexibility index (Phi) is 36.3.